The van der Waals surface area contributed by atoms with E-state index in [9.17, 15) is 24.0 Å². The quantitative estimate of drug-likeness (QED) is 0.288. The van der Waals surface area contributed by atoms with E-state index in [1.807, 2.05) is 60.7 Å². The highest BCUT2D eigenvalue weighted by Gasteiger charge is 2.42. The minimum Gasteiger partial charge on any atom is -0.461 e. The average molecular weight is 591 g/mol. The van der Waals surface area contributed by atoms with Crippen LogP contribution in [0.5, 0.6) is 0 Å². The molecule has 43 heavy (non-hydrogen) atoms. The number of carbonyl (C=O) groups is 5. The van der Waals surface area contributed by atoms with E-state index < -0.39 is 35.5 Å². The molecule has 2 aromatic carbocycles. The summed E-state index contributed by atoms with van der Waals surface area (Å²) in [6, 6.07) is 16.4. The van der Waals surface area contributed by atoms with Gasteiger partial charge in [0.25, 0.3) is 0 Å². The molecule has 2 saturated heterocycles. The molecule has 0 spiro atoms. The van der Waals surface area contributed by atoms with Gasteiger partial charge < -0.3 is 25.6 Å². The minimum atomic E-state index is -1.33. The Balaban J connectivity index is 1.38. The predicted molar refractivity (Wildman–Crippen MR) is 160 cm³/mol. The fraction of sp³-hybridized carbons (Fsp3) is 0.485. The molecule has 0 aliphatic carbocycles. The number of nitrogens with zero attached hydrogens (tertiary/aromatic N) is 1. The van der Waals surface area contributed by atoms with Gasteiger partial charge >= 0.3 is 5.97 Å². The van der Waals surface area contributed by atoms with Gasteiger partial charge in [-0.2, -0.15) is 0 Å². The molecule has 0 radical (unpaired) electrons. The molecule has 2 fully saturated rings. The summed E-state index contributed by atoms with van der Waals surface area (Å²) in [7, 11) is 0. The topological polar surface area (TPSA) is 134 Å². The third-order valence-electron chi connectivity index (χ3n) is 7.98. The highest BCUT2D eigenvalue weighted by molar-refractivity contribution is 5.99. The summed E-state index contributed by atoms with van der Waals surface area (Å²) in [6.45, 7) is 3.78. The van der Waals surface area contributed by atoms with Crippen LogP contribution in [0.4, 0.5) is 0 Å². The van der Waals surface area contributed by atoms with Crippen LogP contribution in [0.25, 0.3) is 0 Å². The van der Waals surface area contributed by atoms with Crippen LogP contribution in [0.1, 0.15) is 69.9 Å². The van der Waals surface area contributed by atoms with Gasteiger partial charge in [-0.3, -0.25) is 24.0 Å². The number of rotatable bonds is 10. The zero-order chi connectivity index (χ0) is 30.8. The van der Waals surface area contributed by atoms with Crippen molar-refractivity contribution in [3.63, 3.8) is 0 Å². The number of hydrogen-bond acceptors (Lipinski definition) is 6. The number of fused-ring (bicyclic) bond motifs is 1. The van der Waals surface area contributed by atoms with Crippen molar-refractivity contribution in [3.8, 4) is 0 Å². The van der Waals surface area contributed by atoms with Gasteiger partial charge in [-0.15, -0.1) is 0 Å². The van der Waals surface area contributed by atoms with E-state index >= 15 is 0 Å². The van der Waals surface area contributed by atoms with E-state index in [4.69, 9.17) is 4.74 Å². The fourth-order valence-electron chi connectivity index (χ4n) is 5.49. The van der Waals surface area contributed by atoms with Crippen LogP contribution >= 0.6 is 0 Å². The normalized spacial score (nSPS) is 22.4. The zero-order valence-corrected chi connectivity index (χ0v) is 25.0. The summed E-state index contributed by atoms with van der Waals surface area (Å²) in [4.78, 5) is 67.6. The maximum absolute atomic E-state index is 13.7. The molecule has 0 saturated carbocycles. The van der Waals surface area contributed by atoms with E-state index in [1.54, 1.807) is 13.8 Å². The van der Waals surface area contributed by atoms with Crippen molar-refractivity contribution >= 4 is 29.6 Å². The fourth-order valence-corrected chi connectivity index (χ4v) is 5.49. The van der Waals surface area contributed by atoms with Crippen LogP contribution in [-0.4, -0.2) is 64.7 Å². The predicted octanol–water partition coefficient (Wildman–Crippen LogP) is 2.79. The van der Waals surface area contributed by atoms with Gasteiger partial charge in [0.2, 0.25) is 23.6 Å². The molecular formula is C33H42N4O6. The lowest BCUT2D eigenvalue weighted by Gasteiger charge is -2.34. The Morgan fingerprint density at radius 1 is 0.860 bits per heavy atom. The van der Waals surface area contributed by atoms with Crippen LogP contribution in [0.15, 0.2) is 60.7 Å². The van der Waals surface area contributed by atoms with Crippen molar-refractivity contribution in [2.75, 3.05) is 6.54 Å². The summed E-state index contributed by atoms with van der Waals surface area (Å²) in [6.07, 6.45) is 3.79. The molecule has 2 heterocycles. The Morgan fingerprint density at radius 2 is 1.53 bits per heavy atom. The molecular weight excluding hydrogens is 548 g/mol. The first-order valence-corrected chi connectivity index (χ1v) is 15.1. The summed E-state index contributed by atoms with van der Waals surface area (Å²) in [5, 5.41) is 8.50. The first-order chi connectivity index (χ1) is 20.6. The lowest BCUT2D eigenvalue weighted by molar-refractivity contribution is -0.145. The lowest BCUT2D eigenvalue weighted by atomic mass is 9.98. The van der Waals surface area contributed by atoms with Crippen LogP contribution in [0.2, 0.25) is 0 Å². The van der Waals surface area contributed by atoms with Gasteiger partial charge in [0.15, 0.2) is 0 Å². The summed E-state index contributed by atoms with van der Waals surface area (Å²) >= 11 is 0. The number of benzene rings is 2. The van der Waals surface area contributed by atoms with Gasteiger partial charge in [-0.25, -0.2) is 0 Å². The van der Waals surface area contributed by atoms with E-state index in [1.165, 1.54) is 4.90 Å². The second kappa shape index (κ2) is 14.8. The smallest absolute Gasteiger partial charge is 0.306 e. The van der Waals surface area contributed by atoms with E-state index in [-0.39, 0.29) is 37.2 Å². The highest BCUT2D eigenvalue weighted by Crippen LogP contribution is 2.21. The Kier molecular flexibility index (Phi) is 10.9. The van der Waals surface area contributed by atoms with Crippen LogP contribution in [0, 0.1) is 0 Å². The van der Waals surface area contributed by atoms with Crippen LogP contribution < -0.4 is 16.0 Å². The number of nitrogens with one attached hydrogen (secondary N) is 3. The Labute approximate surface area is 252 Å². The Hall–Kier alpha value is -4.21. The van der Waals surface area contributed by atoms with Crippen molar-refractivity contribution in [2.45, 2.75) is 95.5 Å². The first kappa shape index (κ1) is 31.7. The van der Waals surface area contributed by atoms with Crippen molar-refractivity contribution < 1.29 is 28.7 Å². The number of ether oxygens (including phenoxy) is 1. The van der Waals surface area contributed by atoms with Crippen molar-refractivity contribution in [2.24, 2.45) is 0 Å². The monoisotopic (exact) mass is 590 g/mol. The van der Waals surface area contributed by atoms with Gasteiger partial charge in [0, 0.05) is 19.4 Å². The Bertz CT molecular complexity index is 1280. The molecule has 2 aromatic rings. The zero-order valence-electron chi connectivity index (χ0n) is 25.0. The molecule has 10 nitrogen and oxygen atoms in total. The third kappa shape index (κ3) is 8.89. The van der Waals surface area contributed by atoms with Gasteiger partial charge in [0.05, 0.1) is 0 Å². The molecule has 3 N–H and O–H groups in total. The standard InChI is InChI=1S/C33H42N4O6/c1-33(2)32(42)35-26(21-23-13-6-3-7-14-23)31(41)37-20-12-18-27(37)30(40)34-25(29(39)36-33)17-10-5-11-19-28(38)43-22-24-15-8-4-9-16-24/h3-4,6-9,13-16,25-27H,5,10-12,17-22H2,1-2H3,(H,34,40)(H,35,42)(H,36,39)/t25-,26?,27+/m0/s1. The average Bonchev–Trinajstić information content (AvgIpc) is 3.49. The number of esters is 1. The van der Waals surface area contributed by atoms with Crippen LogP contribution in [-0.2, 0) is 41.7 Å². The lowest BCUT2D eigenvalue weighted by Crippen LogP contribution is -2.64. The number of amides is 4. The summed E-state index contributed by atoms with van der Waals surface area (Å²) in [5.41, 5.74) is 0.465. The number of carbonyl (C=O) groups excluding carboxylic acids is 5. The van der Waals surface area contributed by atoms with E-state index in [2.05, 4.69) is 16.0 Å². The maximum atomic E-state index is 13.7. The molecule has 230 valence electrons. The number of hydrogen-bond donors (Lipinski definition) is 3. The summed E-state index contributed by atoms with van der Waals surface area (Å²) < 4.78 is 5.33. The molecule has 1 unspecified atom stereocenters. The minimum absolute atomic E-state index is 0.227. The third-order valence-corrected chi connectivity index (χ3v) is 7.98. The van der Waals surface area contributed by atoms with Crippen molar-refractivity contribution in [1.82, 2.24) is 20.9 Å². The maximum Gasteiger partial charge on any atom is 0.306 e. The molecule has 0 aromatic heterocycles. The van der Waals surface area contributed by atoms with Crippen molar-refractivity contribution in [3.05, 3.63) is 71.8 Å². The Morgan fingerprint density at radius 3 is 2.23 bits per heavy atom. The SMILES string of the molecule is CC1(C)NC(=O)[C@H](CCCCCC(=O)OCc2ccccc2)NC(=O)[C@H]2CCCN2C(=O)C(Cc2ccccc2)NC1=O. The summed E-state index contributed by atoms with van der Waals surface area (Å²) in [5.74, 6) is -1.92. The van der Waals surface area contributed by atoms with Crippen LogP contribution in [0.3, 0.4) is 0 Å². The molecule has 0 bridgehead atoms. The number of unbranched alkanes of at least 4 members (excludes halogenated alkanes) is 2. The van der Waals surface area contributed by atoms with Gasteiger partial charge in [0.1, 0.15) is 30.3 Å². The van der Waals surface area contributed by atoms with Crippen molar-refractivity contribution in [1.29, 1.82) is 0 Å². The van der Waals surface area contributed by atoms with Gasteiger partial charge in [-0.1, -0.05) is 73.5 Å². The molecule has 2 aliphatic heterocycles. The first-order valence-electron chi connectivity index (χ1n) is 15.1. The molecule has 10 heteroatoms. The second-order valence-electron chi connectivity index (χ2n) is 11.8. The van der Waals surface area contributed by atoms with E-state index in [0.717, 1.165) is 11.1 Å². The molecule has 3 atom stereocenters. The largest absolute Gasteiger partial charge is 0.461 e. The van der Waals surface area contributed by atoms with Gasteiger partial charge in [-0.05, 0) is 50.7 Å². The molecule has 2 aliphatic rings. The molecule has 4 amide bonds. The highest BCUT2D eigenvalue weighted by atomic mass is 16.5. The van der Waals surface area contributed by atoms with E-state index in [0.29, 0.717) is 45.1 Å². The molecule has 4 rings (SSSR count). The second-order valence-corrected chi connectivity index (χ2v) is 11.8.